The molecule has 2 unspecified atom stereocenters. The number of aliphatic hydroxyl groups is 2. The van der Waals surface area contributed by atoms with E-state index in [0.29, 0.717) is 18.1 Å². The van der Waals surface area contributed by atoms with E-state index < -0.39 is 6.10 Å². The van der Waals surface area contributed by atoms with Gasteiger partial charge in [0.1, 0.15) is 5.75 Å². The molecule has 0 bridgehead atoms. The van der Waals surface area contributed by atoms with Crippen LogP contribution < -0.4 is 4.74 Å². The normalized spacial score (nSPS) is 14.3. The van der Waals surface area contributed by atoms with Crippen LogP contribution in [0, 0.1) is 0 Å². The lowest BCUT2D eigenvalue weighted by atomic mass is 9.94. The molecule has 18 heavy (non-hydrogen) atoms. The number of benzene rings is 1. The molecule has 2 N–H and O–H groups in total. The smallest absolute Gasteiger partial charge is 0.122 e. The molecule has 0 amide bonds. The molecule has 0 aliphatic rings. The first-order valence-corrected chi connectivity index (χ1v) is 6.67. The minimum absolute atomic E-state index is 0.0812. The monoisotopic (exact) mass is 272 g/mol. The molecule has 0 saturated heterocycles. The average molecular weight is 273 g/mol. The molecule has 2 atom stereocenters. The zero-order valence-electron chi connectivity index (χ0n) is 10.9. The van der Waals surface area contributed by atoms with Crippen molar-refractivity contribution < 1.29 is 14.9 Å². The van der Waals surface area contributed by atoms with Crippen molar-refractivity contribution in [1.29, 1.82) is 0 Å². The minimum Gasteiger partial charge on any atom is -0.493 e. The van der Waals surface area contributed by atoms with E-state index in [2.05, 4.69) is 6.92 Å². The molecule has 0 aliphatic carbocycles. The van der Waals surface area contributed by atoms with E-state index in [1.165, 1.54) is 0 Å². The number of aliphatic hydroxyl groups excluding tert-OH is 2. The molecule has 0 radical (unpaired) electrons. The van der Waals surface area contributed by atoms with E-state index in [0.717, 1.165) is 17.7 Å². The summed E-state index contributed by atoms with van der Waals surface area (Å²) in [4.78, 5) is 0. The van der Waals surface area contributed by atoms with Crippen molar-refractivity contribution in [1.82, 2.24) is 0 Å². The van der Waals surface area contributed by atoms with Crippen LogP contribution in [0.4, 0.5) is 0 Å². The summed E-state index contributed by atoms with van der Waals surface area (Å²) in [5.74, 6) is 0.886. The Bertz CT molecular complexity index is 368. The van der Waals surface area contributed by atoms with Gasteiger partial charge in [-0.1, -0.05) is 25.4 Å². The number of ether oxygens (including phenoxy) is 1. The van der Waals surface area contributed by atoms with Gasteiger partial charge in [-0.15, -0.1) is 0 Å². The number of rotatable bonds is 7. The van der Waals surface area contributed by atoms with Crippen LogP contribution in [-0.4, -0.2) is 29.5 Å². The fourth-order valence-corrected chi connectivity index (χ4v) is 2.04. The van der Waals surface area contributed by atoms with Gasteiger partial charge >= 0.3 is 0 Å². The maximum Gasteiger partial charge on any atom is 0.122 e. The van der Waals surface area contributed by atoms with Crippen molar-refractivity contribution in [2.45, 2.75) is 38.7 Å². The maximum absolute atomic E-state index is 9.50. The van der Waals surface area contributed by atoms with Crippen LogP contribution in [0.3, 0.4) is 0 Å². The molecule has 0 saturated carbocycles. The fraction of sp³-hybridized carbons (Fsp3) is 0.571. The predicted octanol–water partition coefficient (Wildman–Crippen LogP) is 2.98. The van der Waals surface area contributed by atoms with Gasteiger partial charge in [-0.2, -0.15) is 0 Å². The Kier molecular flexibility index (Phi) is 6.47. The van der Waals surface area contributed by atoms with Gasteiger partial charge in [-0.3, -0.25) is 0 Å². The largest absolute Gasteiger partial charge is 0.493 e. The summed E-state index contributed by atoms with van der Waals surface area (Å²) in [6.45, 7) is 4.47. The zero-order valence-corrected chi connectivity index (χ0v) is 11.7. The van der Waals surface area contributed by atoms with E-state index in [1.54, 1.807) is 6.07 Å². The summed E-state index contributed by atoms with van der Waals surface area (Å²) in [6.07, 6.45) is 0.715. The molecule has 1 aromatic carbocycles. The second kappa shape index (κ2) is 7.62. The van der Waals surface area contributed by atoms with Crippen LogP contribution in [0.5, 0.6) is 5.75 Å². The fourth-order valence-electron chi connectivity index (χ4n) is 1.86. The molecule has 0 heterocycles. The molecule has 3 nitrogen and oxygen atoms in total. The Morgan fingerprint density at radius 3 is 2.72 bits per heavy atom. The van der Waals surface area contributed by atoms with Crippen molar-refractivity contribution in [2.24, 2.45) is 0 Å². The first kappa shape index (κ1) is 15.3. The number of halogens is 1. The third-order valence-electron chi connectivity index (χ3n) is 2.80. The molecular weight excluding hydrogens is 252 g/mol. The lowest BCUT2D eigenvalue weighted by Gasteiger charge is -2.19. The van der Waals surface area contributed by atoms with Crippen LogP contribution >= 0.6 is 11.6 Å². The van der Waals surface area contributed by atoms with Gasteiger partial charge in [-0.25, -0.2) is 0 Å². The van der Waals surface area contributed by atoms with Gasteiger partial charge in [0.2, 0.25) is 0 Å². The minimum atomic E-state index is -0.710. The highest BCUT2D eigenvalue weighted by atomic mass is 35.5. The molecule has 0 fully saturated rings. The molecule has 102 valence electrons. The van der Waals surface area contributed by atoms with Gasteiger partial charge in [-0.05, 0) is 42.5 Å². The molecule has 4 heteroatoms. The molecule has 0 aromatic heterocycles. The van der Waals surface area contributed by atoms with Crippen LogP contribution in [0.25, 0.3) is 0 Å². The van der Waals surface area contributed by atoms with Gasteiger partial charge in [0.25, 0.3) is 0 Å². The van der Waals surface area contributed by atoms with Crippen LogP contribution in [0.2, 0.25) is 5.02 Å². The Morgan fingerprint density at radius 1 is 1.39 bits per heavy atom. The van der Waals surface area contributed by atoms with E-state index >= 15 is 0 Å². The van der Waals surface area contributed by atoms with E-state index in [1.807, 2.05) is 19.1 Å². The molecule has 0 aliphatic heterocycles. The first-order chi connectivity index (χ1) is 8.58. The highest BCUT2D eigenvalue weighted by Gasteiger charge is 2.16. The van der Waals surface area contributed by atoms with Gasteiger partial charge < -0.3 is 14.9 Å². The third-order valence-corrected chi connectivity index (χ3v) is 3.04. The van der Waals surface area contributed by atoms with Crippen LogP contribution in [0.1, 0.15) is 38.2 Å². The Morgan fingerprint density at radius 2 is 2.11 bits per heavy atom. The summed E-state index contributed by atoms with van der Waals surface area (Å²) in [5.41, 5.74) is 0.975. The number of hydrogen-bond donors (Lipinski definition) is 2. The first-order valence-electron chi connectivity index (χ1n) is 6.29. The summed E-state index contributed by atoms with van der Waals surface area (Å²) >= 11 is 6.00. The SMILES string of the molecule is CCCOc1ccc(Cl)cc1C(C)CC(O)CO. The maximum atomic E-state index is 9.50. The van der Waals surface area contributed by atoms with Crippen molar-refractivity contribution in [3.8, 4) is 5.75 Å². The molecule has 1 aromatic rings. The summed E-state index contributed by atoms with van der Waals surface area (Å²) in [7, 11) is 0. The second-order valence-corrected chi connectivity index (χ2v) is 4.94. The van der Waals surface area contributed by atoms with E-state index in [-0.39, 0.29) is 12.5 Å². The lowest BCUT2D eigenvalue weighted by Crippen LogP contribution is -2.15. The number of hydrogen-bond acceptors (Lipinski definition) is 3. The highest BCUT2D eigenvalue weighted by Crippen LogP contribution is 2.32. The summed E-state index contributed by atoms with van der Waals surface area (Å²) < 4.78 is 5.67. The van der Waals surface area contributed by atoms with Gasteiger partial charge in [0.15, 0.2) is 0 Å². The van der Waals surface area contributed by atoms with E-state index in [4.69, 9.17) is 21.4 Å². The van der Waals surface area contributed by atoms with Gasteiger partial charge in [0.05, 0.1) is 19.3 Å². The quantitative estimate of drug-likeness (QED) is 0.802. The summed E-state index contributed by atoms with van der Waals surface area (Å²) in [6, 6.07) is 5.52. The highest BCUT2D eigenvalue weighted by molar-refractivity contribution is 6.30. The molecular formula is C14H21ClO3. The molecule has 1 rings (SSSR count). The van der Waals surface area contributed by atoms with Crippen molar-refractivity contribution in [3.05, 3.63) is 28.8 Å². The third kappa shape index (κ3) is 4.48. The Hall–Kier alpha value is -0.770. The molecule has 0 spiro atoms. The van der Waals surface area contributed by atoms with Crippen LogP contribution in [-0.2, 0) is 0 Å². The lowest BCUT2D eigenvalue weighted by molar-refractivity contribution is 0.0832. The van der Waals surface area contributed by atoms with Crippen molar-refractivity contribution >= 4 is 11.6 Å². The van der Waals surface area contributed by atoms with E-state index in [9.17, 15) is 5.11 Å². The second-order valence-electron chi connectivity index (χ2n) is 4.50. The predicted molar refractivity (Wildman–Crippen MR) is 73.4 cm³/mol. The standard InChI is InChI=1S/C14H21ClO3/c1-3-6-18-14-5-4-11(15)8-13(14)10(2)7-12(17)9-16/h4-5,8,10,12,16-17H,3,6-7,9H2,1-2H3. The Labute approximate surface area is 113 Å². The average Bonchev–Trinajstić information content (AvgIpc) is 2.36. The van der Waals surface area contributed by atoms with Crippen molar-refractivity contribution in [2.75, 3.05) is 13.2 Å². The summed E-state index contributed by atoms with van der Waals surface area (Å²) in [5, 5.41) is 19.0. The van der Waals surface area contributed by atoms with Crippen LogP contribution in [0.15, 0.2) is 18.2 Å². The zero-order chi connectivity index (χ0) is 13.5. The topological polar surface area (TPSA) is 49.7 Å². The van der Waals surface area contributed by atoms with Crippen molar-refractivity contribution in [3.63, 3.8) is 0 Å². The van der Waals surface area contributed by atoms with Gasteiger partial charge in [0, 0.05) is 5.02 Å². The Balaban J connectivity index is 2.86.